The molecule has 0 bridgehead atoms. The number of carbonyl (C=O) groups excluding carboxylic acids is 1. The van der Waals surface area contributed by atoms with Crippen LogP contribution in [-0.4, -0.2) is 37.1 Å². The molecule has 3 rings (SSSR count). The van der Waals surface area contributed by atoms with E-state index in [1.165, 1.54) is 27.5 Å². The Morgan fingerprint density at radius 2 is 1.58 bits per heavy atom. The van der Waals surface area contributed by atoms with Crippen molar-refractivity contribution in [3.05, 3.63) is 59.4 Å². The second kappa shape index (κ2) is 7.31. The number of aromatic amines is 1. The minimum atomic E-state index is -0.213. The van der Waals surface area contributed by atoms with Gasteiger partial charge in [0.25, 0.3) is 0 Å². The third kappa shape index (κ3) is 3.26. The van der Waals surface area contributed by atoms with Crippen LogP contribution in [0, 0.1) is 6.92 Å². The van der Waals surface area contributed by atoms with Crippen molar-refractivity contribution < 1.29 is 19.0 Å². The van der Waals surface area contributed by atoms with E-state index in [4.69, 9.17) is 14.2 Å². The molecule has 26 heavy (non-hydrogen) atoms. The second-order valence-corrected chi connectivity index (χ2v) is 5.75. The van der Waals surface area contributed by atoms with E-state index < -0.39 is 0 Å². The first-order valence-electron chi connectivity index (χ1n) is 8.04. The SMILES string of the molecule is COc1cc(C(=O)c2cnc(-c3ccc(C)cc3)[nH]2)cc(OC)c1OC. The largest absolute Gasteiger partial charge is 0.493 e. The zero-order valence-corrected chi connectivity index (χ0v) is 15.1. The molecule has 6 nitrogen and oxygen atoms in total. The van der Waals surface area contributed by atoms with Gasteiger partial charge in [-0.05, 0) is 19.1 Å². The molecule has 0 aliphatic carbocycles. The molecule has 1 heterocycles. The van der Waals surface area contributed by atoms with E-state index in [9.17, 15) is 4.79 Å². The summed E-state index contributed by atoms with van der Waals surface area (Å²) < 4.78 is 15.9. The molecule has 2 aromatic carbocycles. The maximum absolute atomic E-state index is 12.9. The lowest BCUT2D eigenvalue weighted by Crippen LogP contribution is -2.04. The first-order chi connectivity index (χ1) is 12.6. The Balaban J connectivity index is 1.96. The van der Waals surface area contributed by atoms with E-state index in [1.807, 2.05) is 31.2 Å². The van der Waals surface area contributed by atoms with Gasteiger partial charge in [-0.3, -0.25) is 4.79 Å². The molecular formula is C20H20N2O4. The number of hydrogen-bond donors (Lipinski definition) is 1. The summed E-state index contributed by atoms with van der Waals surface area (Å²) in [5.41, 5.74) is 2.88. The Morgan fingerprint density at radius 3 is 2.12 bits per heavy atom. The van der Waals surface area contributed by atoms with Crippen molar-refractivity contribution in [1.82, 2.24) is 9.97 Å². The minimum Gasteiger partial charge on any atom is -0.493 e. The molecule has 0 unspecified atom stereocenters. The van der Waals surface area contributed by atoms with Crippen molar-refractivity contribution in [3.63, 3.8) is 0 Å². The average Bonchev–Trinajstić information content (AvgIpc) is 3.16. The van der Waals surface area contributed by atoms with Crippen molar-refractivity contribution in [2.24, 2.45) is 0 Å². The van der Waals surface area contributed by atoms with E-state index in [0.29, 0.717) is 34.3 Å². The standard InChI is InChI=1S/C20H20N2O4/c1-12-5-7-13(8-6-12)20-21-11-15(22-20)18(23)14-9-16(24-2)19(26-4)17(10-14)25-3/h5-11H,1-4H3,(H,21,22). The van der Waals surface area contributed by atoms with Gasteiger partial charge in [-0.15, -0.1) is 0 Å². The molecule has 1 N–H and O–H groups in total. The van der Waals surface area contributed by atoms with Gasteiger partial charge in [0.05, 0.1) is 27.5 Å². The Hall–Kier alpha value is -3.28. The number of imidazole rings is 1. The van der Waals surface area contributed by atoms with Crippen LogP contribution < -0.4 is 14.2 Å². The minimum absolute atomic E-state index is 0.213. The second-order valence-electron chi connectivity index (χ2n) is 5.75. The smallest absolute Gasteiger partial charge is 0.211 e. The van der Waals surface area contributed by atoms with Gasteiger partial charge in [-0.25, -0.2) is 4.98 Å². The zero-order valence-electron chi connectivity index (χ0n) is 15.1. The fourth-order valence-electron chi connectivity index (χ4n) is 2.66. The van der Waals surface area contributed by atoms with Gasteiger partial charge in [0.2, 0.25) is 11.5 Å². The molecule has 0 radical (unpaired) electrons. The molecule has 134 valence electrons. The fraction of sp³-hybridized carbons (Fsp3) is 0.200. The highest BCUT2D eigenvalue weighted by Gasteiger charge is 2.19. The molecule has 0 saturated carbocycles. The summed E-state index contributed by atoms with van der Waals surface area (Å²) in [7, 11) is 4.54. The number of hydrogen-bond acceptors (Lipinski definition) is 5. The van der Waals surface area contributed by atoms with Crippen molar-refractivity contribution in [2.75, 3.05) is 21.3 Å². The highest BCUT2D eigenvalue weighted by molar-refractivity contribution is 6.08. The maximum atomic E-state index is 12.9. The number of carbonyl (C=O) groups is 1. The van der Waals surface area contributed by atoms with E-state index in [0.717, 1.165) is 11.1 Å². The van der Waals surface area contributed by atoms with Gasteiger partial charge in [0, 0.05) is 11.1 Å². The van der Waals surface area contributed by atoms with Gasteiger partial charge in [0.15, 0.2) is 11.5 Å². The van der Waals surface area contributed by atoms with Gasteiger partial charge in [-0.2, -0.15) is 0 Å². The summed E-state index contributed by atoms with van der Waals surface area (Å²) in [6, 6.07) is 11.2. The summed E-state index contributed by atoms with van der Waals surface area (Å²) in [6.07, 6.45) is 1.53. The topological polar surface area (TPSA) is 73.4 Å². The van der Waals surface area contributed by atoms with E-state index in [-0.39, 0.29) is 5.78 Å². The van der Waals surface area contributed by atoms with Crippen LogP contribution in [0.1, 0.15) is 21.6 Å². The van der Waals surface area contributed by atoms with Crippen LogP contribution in [0.2, 0.25) is 0 Å². The molecule has 1 aromatic heterocycles. The third-order valence-corrected chi connectivity index (χ3v) is 4.07. The highest BCUT2D eigenvalue weighted by atomic mass is 16.5. The summed E-state index contributed by atoms with van der Waals surface area (Å²) in [4.78, 5) is 20.3. The first-order valence-corrected chi connectivity index (χ1v) is 8.04. The predicted molar refractivity (Wildman–Crippen MR) is 98.3 cm³/mol. The number of rotatable bonds is 6. The lowest BCUT2D eigenvalue weighted by molar-refractivity contribution is 0.103. The van der Waals surface area contributed by atoms with Crippen LogP contribution in [0.3, 0.4) is 0 Å². The molecule has 3 aromatic rings. The number of aryl methyl sites for hydroxylation is 1. The quantitative estimate of drug-likeness (QED) is 0.686. The number of benzene rings is 2. The number of methoxy groups -OCH3 is 3. The Bertz CT molecular complexity index is 904. The van der Waals surface area contributed by atoms with Crippen molar-refractivity contribution in [3.8, 4) is 28.6 Å². The predicted octanol–water partition coefficient (Wildman–Crippen LogP) is 3.64. The number of nitrogens with one attached hydrogen (secondary N) is 1. The Kier molecular flexibility index (Phi) is 4.93. The number of nitrogens with zero attached hydrogens (tertiary/aromatic N) is 1. The molecule has 6 heteroatoms. The number of ether oxygens (including phenoxy) is 3. The van der Waals surface area contributed by atoms with Crippen molar-refractivity contribution in [1.29, 1.82) is 0 Å². The lowest BCUT2D eigenvalue weighted by atomic mass is 10.1. The monoisotopic (exact) mass is 352 g/mol. The highest BCUT2D eigenvalue weighted by Crippen LogP contribution is 2.38. The number of H-pyrrole nitrogens is 1. The number of ketones is 1. The Morgan fingerprint density at radius 1 is 0.962 bits per heavy atom. The lowest BCUT2D eigenvalue weighted by Gasteiger charge is -2.13. The molecule has 0 amide bonds. The molecule has 0 fully saturated rings. The van der Waals surface area contributed by atoms with Crippen LogP contribution in [0.15, 0.2) is 42.6 Å². The van der Waals surface area contributed by atoms with E-state index >= 15 is 0 Å². The van der Waals surface area contributed by atoms with Crippen LogP contribution in [-0.2, 0) is 0 Å². The average molecular weight is 352 g/mol. The van der Waals surface area contributed by atoms with Gasteiger partial charge < -0.3 is 19.2 Å². The van der Waals surface area contributed by atoms with Crippen LogP contribution in [0.4, 0.5) is 0 Å². The van der Waals surface area contributed by atoms with Gasteiger partial charge >= 0.3 is 0 Å². The fourth-order valence-corrected chi connectivity index (χ4v) is 2.66. The molecule has 0 spiro atoms. The van der Waals surface area contributed by atoms with Crippen molar-refractivity contribution >= 4 is 5.78 Å². The van der Waals surface area contributed by atoms with Crippen LogP contribution in [0.5, 0.6) is 17.2 Å². The summed E-state index contributed by atoms with van der Waals surface area (Å²) >= 11 is 0. The van der Waals surface area contributed by atoms with Gasteiger partial charge in [-0.1, -0.05) is 29.8 Å². The third-order valence-electron chi connectivity index (χ3n) is 4.07. The van der Waals surface area contributed by atoms with E-state index in [2.05, 4.69) is 9.97 Å². The Labute approximate surface area is 151 Å². The molecular weight excluding hydrogens is 332 g/mol. The summed E-state index contributed by atoms with van der Waals surface area (Å²) in [5, 5.41) is 0. The molecule has 0 aliphatic rings. The van der Waals surface area contributed by atoms with Gasteiger partial charge in [0.1, 0.15) is 11.5 Å². The number of aromatic nitrogens is 2. The molecule has 0 aliphatic heterocycles. The van der Waals surface area contributed by atoms with Crippen molar-refractivity contribution in [2.45, 2.75) is 6.92 Å². The molecule has 0 saturated heterocycles. The summed E-state index contributed by atoms with van der Waals surface area (Å²) in [5.74, 6) is 1.72. The zero-order chi connectivity index (χ0) is 18.7. The first kappa shape index (κ1) is 17.5. The van der Waals surface area contributed by atoms with E-state index in [1.54, 1.807) is 12.1 Å². The normalized spacial score (nSPS) is 10.5. The molecule has 0 atom stereocenters. The summed E-state index contributed by atoms with van der Waals surface area (Å²) in [6.45, 7) is 2.02. The van der Waals surface area contributed by atoms with Crippen LogP contribution in [0.25, 0.3) is 11.4 Å². The van der Waals surface area contributed by atoms with Crippen LogP contribution >= 0.6 is 0 Å². The maximum Gasteiger partial charge on any atom is 0.211 e.